The molecule has 5 aromatic rings. The van der Waals surface area contributed by atoms with Gasteiger partial charge in [-0.05, 0) is 35.9 Å². The molecule has 5 rings (SSSR count). The molecule has 0 saturated carbocycles. The SMILES string of the molecule is COc1cccc(F)c1-c1nccc(-c2cnn(-c3cccc(NC(CN)c4ccccc4)n3)c2)n1. The molecule has 2 aromatic carbocycles. The number of nitrogens with one attached hydrogen (secondary N) is 1. The fraction of sp³-hybridized carbons (Fsp3) is 0.111. The van der Waals surface area contributed by atoms with Gasteiger partial charge in [-0.2, -0.15) is 5.10 Å². The number of nitrogens with zero attached hydrogens (tertiary/aromatic N) is 5. The van der Waals surface area contributed by atoms with Crippen LogP contribution in [0.2, 0.25) is 0 Å². The first-order valence-corrected chi connectivity index (χ1v) is 11.4. The molecule has 0 aliphatic carbocycles. The molecule has 0 spiro atoms. The molecule has 1 atom stereocenters. The van der Waals surface area contributed by atoms with Crippen LogP contribution in [-0.2, 0) is 0 Å². The molecule has 180 valence electrons. The van der Waals surface area contributed by atoms with Crippen LogP contribution in [0.1, 0.15) is 11.6 Å². The van der Waals surface area contributed by atoms with E-state index in [1.165, 1.54) is 13.2 Å². The summed E-state index contributed by atoms with van der Waals surface area (Å²) in [6.07, 6.45) is 5.08. The van der Waals surface area contributed by atoms with Gasteiger partial charge in [-0.1, -0.05) is 42.5 Å². The van der Waals surface area contributed by atoms with E-state index >= 15 is 0 Å². The van der Waals surface area contributed by atoms with Crippen molar-refractivity contribution in [2.45, 2.75) is 6.04 Å². The van der Waals surface area contributed by atoms with Gasteiger partial charge in [0.05, 0.1) is 30.6 Å². The molecule has 8 nitrogen and oxygen atoms in total. The van der Waals surface area contributed by atoms with E-state index in [4.69, 9.17) is 15.5 Å². The summed E-state index contributed by atoms with van der Waals surface area (Å²) in [5, 5.41) is 7.85. The summed E-state index contributed by atoms with van der Waals surface area (Å²) < 4.78 is 21.5. The van der Waals surface area contributed by atoms with Crippen LogP contribution in [0.5, 0.6) is 5.75 Å². The molecule has 3 heterocycles. The zero-order valence-corrected chi connectivity index (χ0v) is 19.5. The number of ether oxygens (including phenoxy) is 1. The minimum atomic E-state index is -0.456. The van der Waals surface area contributed by atoms with Crippen molar-refractivity contribution in [3.63, 3.8) is 0 Å². The lowest BCUT2D eigenvalue weighted by Gasteiger charge is -2.18. The van der Waals surface area contributed by atoms with Crippen molar-refractivity contribution in [3.05, 3.63) is 103 Å². The largest absolute Gasteiger partial charge is 0.496 e. The first-order valence-electron chi connectivity index (χ1n) is 11.4. The van der Waals surface area contributed by atoms with Crippen molar-refractivity contribution in [3.8, 4) is 34.2 Å². The van der Waals surface area contributed by atoms with Crippen LogP contribution in [0, 0.1) is 5.82 Å². The van der Waals surface area contributed by atoms with Crippen LogP contribution in [-0.4, -0.2) is 38.4 Å². The summed E-state index contributed by atoms with van der Waals surface area (Å²) in [4.78, 5) is 13.5. The molecular weight excluding hydrogens is 457 g/mol. The van der Waals surface area contributed by atoms with Crippen LogP contribution < -0.4 is 15.8 Å². The van der Waals surface area contributed by atoms with Crippen LogP contribution in [0.15, 0.2) is 91.4 Å². The molecule has 9 heteroatoms. The van der Waals surface area contributed by atoms with E-state index in [9.17, 15) is 4.39 Å². The highest BCUT2D eigenvalue weighted by Crippen LogP contribution is 2.31. The smallest absolute Gasteiger partial charge is 0.166 e. The average Bonchev–Trinajstić information content (AvgIpc) is 3.43. The van der Waals surface area contributed by atoms with E-state index in [0.717, 1.165) is 11.1 Å². The van der Waals surface area contributed by atoms with Crippen LogP contribution in [0.25, 0.3) is 28.5 Å². The van der Waals surface area contributed by atoms with Crippen molar-refractivity contribution in [1.82, 2.24) is 24.7 Å². The molecule has 0 radical (unpaired) electrons. The van der Waals surface area contributed by atoms with Crippen molar-refractivity contribution >= 4 is 5.82 Å². The maximum absolute atomic E-state index is 14.5. The van der Waals surface area contributed by atoms with Gasteiger partial charge in [0.1, 0.15) is 17.4 Å². The Morgan fingerprint density at radius 2 is 1.83 bits per heavy atom. The highest BCUT2D eigenvalue weighted by molar-refractivity contribution is 5.68. The molecule has 0 aliphatic rings. The molecule has 0 fully saturated rings. The summed E-state index contributed by atoms with van der Waals surface area (Å²) in [7, 11) is 1.48. The van der Waals surface area contributed by atoms with Gasteiger partial charge >= 0.3 is 0 Å². The molecular formula is C27H24FN7O. The number of rotatable bonds is 8. The third-order valence-corrected chi connectivity index (χ3v) is 5.68. The lowest BCUT2D eigenvalue weighted by molar-refractivity contribution is 0.413. The van der Waals surface area contributed by atoms with Gasteiger partial charge in [0.15, 0.2) is 11.6 Å². The number of hydrogen-bond donors (Lipinski definition) is 2. The van der Waals surface area contributed by atoms with Gasteiger partial charge in [-0.25, -0.2) is 24.0 Å². The summed E-state index contributed by atoms with van der Waals surface area (Å²) in [6, 6.07) is 21.9. The van der Waals surface area contributed by atoms with Crippen molar-refractivity contribution < 1.29 is 9.13 Å². The number of benzene rings is 2. The predicted octanol–water partition coefficient (Wildman–Crippen LogP) is 4.65. The van der Waals surface area contributed by atoms with Gasteiger partial charge in [0, 0.05) is 24.5 Å². The molecule has 1 unspecified atom stereocenters. The fourth-order valence-electron chi connectivity index (χ4n) is 3.89. The van der Waals surface area contributed by atoms with Crippen molar-refractivity contribution in [2.75, 3.05) is 19.0 Å². The van der Waals surface area contributed by atoms with E-state index < -0.39 is 5.82 Å². The van der Waals surface area contributed by atoms with Gasteiger partial charge in [0.2, 0.25) is 0 Å². The van der Waals surface area contributed by atoms with Crippen LogP contribution in [0.4, 0.5) is 10.2 Å². The first kappa shape index (κ1) is 23.1. The first-order chi connectivity index (χ1) is 17.7. The number of pyridine rings is 1. The van der Waals surface area contributed by atoms with Gasteiger partial charge in [-0.3, -0.25) is 0 Å². The molecule has 0 saturated heterocycles. The minimum absolute atomic E-state index is 0.0723. The van der Waals surface area contributed by atoms with E-state index in [0.29, 0.717) is 29.6 Å². The van der Waals surface area contributed by atoms with Gasteiger partial charge in [0.25, 0.3) is 0 Å². The van der Waals surface area contributed by atoms with Crippen LogP contribution in [0.3, 0.4) is 0 Å². The highest BCUT2D eigenvalue weighted by Gasteiger charge is 2.16. The van der Waals surface area contributed by atoms with E-state index in [2.05, 4.69) is 20.4 Å². The minimum Gasteiger partial charge on any atom is -0.496 e. The van der Waals surface area contributed by atoms with E-state index in [-0.39, 0.29) is 17.4 Å². The van der Waals surface area contributed by atoms with Crippen molar-refractivity contribution in [2.24, 2.45) is 5.73 Å². The Kier molecular flexibility index (Phi) is 6.63. The lowest BCUT2D eigenvalue weighted by atomic mass is 10.1. The fourth-order valence-corrected chi connectivity index (χ4v) is 3.89. The summed E-state index contributed by atoms with van der Waals surface area (Å²) in [5.74, 6) is 1.44. The Labute approximate surface area is 207 Å². The number of nitrogens with two attached hydrogens (primary N) is 1. The molecule has 3 N–H and O–H groups in total. The Balaban J connectivity index is 1.41. The van der Waals surface area contributed by atoms with E-state index in [1.54, 1.807) is 35.3 Å². The number of anilines is 1. The summed E-state index contributed by atoms with van der Waals surface area (Å²) in [5.41, 5.74) is 8.62. The highest BCUT2D eigenvalue weighted by atomic mass is 19.1. The molecule has 0 amide bonds. The van der Waals surface area contributed by atoms with E-state index in [1.807, 2.05) is 54.7 Å². The lowest BCUT2D eigenvalue weighted by Crippen LogP contribution is -2.21. The summed E-state index contributed by atoms with van der Waals surface area (Å²) >= 11 is 0. The zero-order chi connectivity index (χ0) is 24.9. The third kappa shape index (κ3) is 4.77. The normalized spacial score (nSPS) is 11.8. The quantitative estimate of drug-likeness (QED) is 0.332. The molecule has 0 bridgehead atoms. The van der Waals surface area contributed by atoms with Crippen LogP contribution >= 0.6 is 0 Å². The number of halogens is 1. The monoisotopic (exact) mass is 481 g/mol. The number of methoxy groups -OCH3 is 1. The zero-order valence-electron chi connectivity index (χ0n) is 19.5. The predicted molar refractivity (Wildman–Crippen MR) is 136 cm³/mol. The van der Waals surface area contributed by atoms with Gasteiger partial charge in [-0.15, -0.1) is 0 Å². The standard InChI is InChI=1S/C27H24FN7O/c1-36-23-10-5-9-20(28)26(23)27-30-14-13-21(33-27)19-16-31-35(17-19)25-12-6-11-24(34-25)32-22(15-29)18-7-3-2-4-8-18/h2-14,16-17,22H,15,29H2,1H3,(H,32,34). The topological polar surface area (TPSA) is 104 Å². The maximum atomic E-state index is 14.5. The maximum Gasteiger partial charge on any atom is 0.166 e. The Bertz CT molecular complexity index is 1470. The Morgan fingerprint density at radius 3 is 2.64 bits per heavy atom. The molecule has 0 aliphatic heterocycles. The second kappa shape index (κ2) is 10.3. The van der Waals surface area contributed by atoms with Crippen molar-refractivity contribution in [1.29, 1.82) is 0 Å². The average molecular weight is 482 g/mol. The Hall–Kier alpha value is -4.63. The second-order valence-electron chi connectivity index (χ2n) is 7.98. The Morgan fingerprint density at radius 1 is 1.00 bits per heavy atom. The number of aromatic nitrogens is 5. The molecule has 3 aromatic heterocycles. The molecule has 36 heavy (non-hydrogen) atoms. The third-order valence-electron chi connectivity index (χ3n) is 5.68. The summed E-state index contributed by atoms with van der Waals surface area (Å²) in [6.45, 7) is 0.421. The number of hydrogen-bond acceptors (Lipinski definition) is 7. The second-order valence-corrected chi connectivity index (χ2v) is 7.98. The van der Waals surface area contributed by atoms with Gasteiger partial charge < -0.3 is 15.8 Å².